The summed E-state index contributed by atoms with van der Waals surface area (Å²) in [7, 11) is 1.39. The second-order valence-electron chi connectivity index (χ2n) is 4.06. The van der Waals surface area contributed by atoms with Crippen LogP contribution < -0.4 is 0 Å². The summed E-state index contributed by atoms with van der Waals surface area (Å²) < 4.78 is 13.1. The Bertz CT molecular complexity index is 475. The summed E-state index contributed by atoms with van der Waals surface area (Å²) >= 11 is 0. The van der Waals surface area contributed by atoms with Crippen LogP contribution in [0.1, 0.15) is 17.2 Å². The zero-order valence-corrected chi connectivity index (χ0v) is 10.1. The van der Waals surface area contributed by atoms with Crippen molar-refractivity contribution in [2.45, 2.75) is 13.0 Å². The van der Waals surface area contributed by atoms with Crippen LogP contribution in [0.25, 0.3) is 0 Å². The fraction of sp³-hybridized carbons (Fsp3) is 0.333. The molecule has 1 aromatic carbocycles. The Morgan fingerprint density at radius 2 is 2.00 bits per heavy atom. The number of aryl methyl sites for hydroxylation is 1. The summed E-state index contributed by atoms with van der Waals surface area (Å²) in [5.41, 5.74) is 0.674. The number of hydrogen-bond acceptors (Lipinski definition) is 3. The van der Waals surface area contributed by atoms with Crippen LogP contribution in [0.5, 0.6) is 0 Å². The molecule has 1 aromatic rings. The number of carbonyl (C=O) groups is 2. The third kappa shape index (κ3) is 3.27. The van der Waals surface area contributed by atoms with Gasteiger partial charge in [0.25, 0.3) is 0 Å². The second kappa shape index (κ2) is 5.59. The smallest absolute Gasteiger partial charge is 0.325 e. The van der Waals surface area contributed by atoms with Gasteiger partial charge in [0.05, 0.1) is 6.54 Å². The fourth-order valence-electron chi connectivity index (χ4n) is 1.73. The van der Waals surface area contributed by atoms with Gasteiger partial charge in [-0.25, -0.2) is 4.39 Å². The summed E-state index contributed by atoms with van der Waals surface area (Å²) in [5, 5.41) is 17.8. The maximum absolute atomic E-state index is 13.1. The molecule has 0 bridgehead atoms. The van der Waals surface area contributed by atoms with Crippen molar-refractivity contribution in [1.29, 1.82) is 0 Å². The van der Waals surface area contributed by atoms with Crippen molar-refractivity contribution < 1.29 is 24.2 Å². The minimum Gasteiger partial charge on any atom is -0.480 e. The van der Waals surface area contributed by atoms with Crippen LogP contribution in [0, 0.1) is 12.7 Å². The molecule has 0 saturated heterocycles. The number of carboxylic acids is 2. The Balaban J connectivity index is 3.08. The molecule has 0 saturated carbocycles. The predicted molar refractivity (Wildman–Crippen MR) is 61.8 cm³/mol. The number of hydrogen-bond donors (Lipinski definition) is 2. The highest BCUT2D eigenvalue weighted by Gasteiger charge is 2.26. The first-order valence-corrected chi connectivity index (χ1v) is 5.24. The van der Waals surface area contributed by atoms with E-state index in [1.54, 1.807) is 0 Å². The molecule has 0 aromatic heterocycles. The van der Waals surface area contributed by atoms with Gasteiger partial charge in [-0.05, 0) is 31.2 Å². The minimum absolute atomic E-state index is 0.322. The quantitative estimate of drug-likeness (QED) is 0.828. The first kappa shape index (κ1) is 14.1. The SMILES string of the molecule is Cc1cc(C(C(=O)O)N(C)CC(=O)O)ccc1F. The topological polar surface area (TPSA) is 77.8 Å². The average Bonchev–Trinajstić information content (AvgIpc) is 2.21. The Morgan fingerprint density at radius 3 is 2.44 bits per heavy atom. The largest absolute Gasteiger partial charge is 0.480 e. The summed E-state index contributed by atoms with van der Waals surface area (Å²) in [4.78, 5) is 23.0. The van der Waals surface area contributed by atoms with Crippen LogP contribution in [0.2, 0.25) is 0 Å². The summed E-state index contributed by atoms with van der Waals surface area (Å²) in [6.45, 7) is 1.11. The van der Waals surface area contributed by atoms with Crippen molar-refractivity contribution in [1.82, 2.24) is 4.90 Å². The Hall–Kier alpha value is -1.95. The van der Waals surface area contributed by atoms with Crippen LogP contribution in [-0.4, -0.2) is 40.6 Å². The molecule has 5 nitrogen and oxygen atoms in total. The van der Waals surface area contributed by atoms with E-state index in [-0.39, 0.29) is 0 Å². The van der Waals surface area contributed by atoms with Crippen LogP contribution in [0.4, 0.5) is 4.39 Å². The summed E-state index contributed by atoms with van der Waals surface area (Å²) in [6.07, 6.45) is 0. The minimum atomic E-state index is -1.18. The third-order valence-electron chi connectivity index (χ3n) is 2.56. The van der Waals surface area contributed by atoms with E-state index in [0.29, 0.717) is 11.1 Å². The van der Waals surface area contributed by atoms with E-state index in [2.05, 4.69) is 0 Å². The van der Waals surface area contributed by atoms with Crippen LogP contribution in [0.3, 0.4) is 0 Å². The molecular formula is C12H14FNO4. The van der Waals surface area contributed by atoms with E-state index in [1.165, 1.54) is 37.1 Å². The van der Waals surface area contributed by atoms with Crippen LogP contribution in [-0.2, 0) is 9.59 Å². The lowest BCUT2D eigenvalue weighted by Crippen LogP contribution is -2.34. The van der Waals surface area contributed by atoms with Gasteiger partial charge in [0, 0.05) is 0 Å². The first-order valence-electron chi connectivity index (χ1n) is 5.24. The van der Waals surface area contributed by atoms with E-state index < -0.39 is 30.3 Å². The van der Waals surface area contributed by atoms with Crippen molar-refractivity contribution in [3.63, 3.8) is 0 Å². The van der Waals surface area contributed by atoms with E-state index in [1.807, 2.05) is 0 Å². The van der Waals surface area contributed by atoms with Gasteiger partial charge in [0.1, 0.15) is 11.9 Å². The number of halogens is 1. The molecule has 98 valence electrons. The van der Waals surface area contributed by atoms with E-state index in [9.17, 15) is 14.0 Å². The van der Waals surface area contributed by atoms with Crippen molar-refractivity contribution in [2.24, 2.45) is 0 Å². The predicted octanol–water partition coefficient (Wildman–Crippen LogP) is 1.28. The van der Waals surface area contributed by atoms with Gasteiger partial charge in [-0.1, -0.05) is 12.1 Å². The molecule has 6 heteroatoms. The van der Waals surface area contributed by atoms with Crippen LogP contribution >= 0.6 is 0 Å². The molecule has 0 radical (unpaired) electrons. The van der Waals surface area contributed by atoms with Gasteiger partial charge in [-0.2, -0.15) is 0 Å². The van der Waals surface area contributed by atoms with Gasteiger partial charge in [-0.3, -0.25) is 14.5 Å². The average molecular weight is 255 g/mol. The highest BCUT2D eigenvalue weighted by Crippen LogP contribution is 2.21. The molecular weight excluding hydrogens is 241 g/mol. The van der Waals surface area contributed by atoms with Gasteiger partial charge in [0.15, 0.2) is 0 Å². The molecule has 0 aliphatic heterocycles. The number of carboxylic acid groups (broad SMARTS) is 2. The third-order valence-corrected chi connectivity index (χ3v) is 2.56. The molecule has 1 unspecified atom stereocenters. The van der Waals surface area contributed by atoms with Gasteiger partial charge < -0.3 is 10.2 Å². The van der Waals surface area contributed by atoms with Crippen molar-refractivity contribution in [3.8, 4) is 0 Å². The van der Waals surface area contributed by atoms with Gasteiger partial charge in [0.2, 0.25) is 0 Å². The lowest BCUT2D eigenvalue weighted by molar-refractivity contribution is -0.145. The molecule has 0 spiro atoms. The van der Waals surface area contributed by atoms with Crippen molar-refractivity contribution in [3.05, 3.63) is 35.1 Å². The zero-order chi connectivity index (χ0) is 13.9. The number of likely N-dealkylation sites (N-methyl/N-ethyl adjacent to an activating group) is 1. The summed E-state index contributed by atoms with van der Waals surface area (Å²) in [6, 6.07) is 2.82. The number of nitrogens with zero attached hydrogens (tertiary/aromatic N) is 1. The Morgan fingerprint density at radius 1 is 1.39 bits per heavy atom. The highest BCUT2D eigenvalue weighted by atomic mass is 19.1. The standard InChI is InChI=1S/C12H14FNO4/c1-7-5-8(3-4-9(7)13)11(12(17)18)14(2)6-10(15)16/h3-5,11H,6H2,1-2H3,(H,15,16)(H,17,18). The molecule has 0 aliphatic carbocycles. The number of rotatable bonds is 5. The second-order valence-corrected chi connectivity index (χ2v) is 4.06. The normalized spacial score (nSPS) is 12.4. The highest BCUT2D eigenvalue weighted by molar-refractivity contribution is 5.77. The van der Waals surface area contributed by atoms with Gasteiger partial charge in [-0.15, -0.1) is 0 Å². The Kier molecular flexibility index (Phi) is 4.38. The Labute approximate surface area is 103 Å². The maximum Gasteiger partial charge on any atom is 0.325 e. The zero-order valence-electron chi connectivity index (χ0n) is 10.1. The summed E-state index contributed by atoms with van der Waals surface area (Å²) in [5.74, 6) is -2.73. The van der Waals surface area contributed by atoms with E-state index in [4.69, 9.17) is 10.2 Å². The first-order chi connectivity index (χ1) is 8.32. The molecule has 0 heterocycles. The lowest BCUT2D eigenvalue weighted by atomic mass is 10.0. The number of aliphatic carboxylic acids is 2. The molecule has 1 rings (SSSR count). The van der Waals surface area contributed by atoms with Crippen molar-refractivity contribution in [2.75, 3.05) is 13.6 Å². The monoisotopic (exact) mass is 255 g/mol. The molecule has 1 atom stereocenters. The molecule has 0 aliphatic rings. The van der Waals surface area contributed by atoms with Gasteiger partial charge >= 0.3 is 11.9 Å². The maximum atomic E-state index is 13.1. The molecule has 0 fully saturated rings. The fourth-order valence-corrected chi connectivity index (χ4v) is 1.73. The van der Waals surface area contributed by atoms with Crippen LogP contribution in [0.15, 0.2) is 18.2 Å². The molecule has 0 amide bonds. The lowest BCUT2D eigenvalue weighted by Gasteiger charge is -2.23. The number of benzene rings is 1. The van der Waals surface area contributed by atoms with E-state index >= 15 is 0 Å². The molecule has 2 N–H and O–H groups in total. The van der Waals surface area contributed by atoms with E-state index in [0.717, 1.165) is 0 Å². The van der Waals surface area contributed by atoms with Crippen molar-refractivity contribution >= 4 is 11.9 Å². The molecule has 18 heavy (non-hydrogen) atoms.